The van der Waals surface area contributed by atoms with Crippen LogP contribution in [0.3, 0.4) is 0 Å². The zero-order chi connectivity index (χ0) is 12.8. The van der Waals surface area contributed by atoms with Gasteiger partial charge in [0.15, 0.2) is 11.6 Å². The molecule has 2 rings (SSSR count). The van der Waals surface area contributed by atoms with Gasteiger partial charge in [0.1, 0.15) is 0 Å². The third-order valence-electron chi connectivity index (χ3n) is 1.86. The Labute approximate surface area is 127 Å². The SMILES string of the molecule is ClC(Cl)(Cl)c1nc(N2CC2)nc(C(Cl)(Cl)Cl)n1. The summed E-state index contributed by atoms with van der Waals surface area (Å²) in [6, 6.07) is 0. The standard InChI is InChI=1S/C7H4Cl6N4/c8-6(9,10)3-14-4(7(11,12)13)16-5(15-3)17-1-2-17/h1-2H2. The van der Waals surface area contributed by atoms with Gasteiger partial charge in [-0.1, -0.05) is 69.6 Å². The van der Waals surface area contributed by atoms with Crippen molar-refractivity contribution in [3.8, 4) is 0 Å². The first-order valence-electron chi connectivity index (χ1n) is 4.33. The third kappa shape index (κ3) is 3.52. The van der Waals surface area contributed by atoms with E-state index in [1.807, 2.05) is 4.90 Å². The van der Waals surface area contributed by atoms with Crippen LogP contribution in [0.5, 0.6) is 0 Å². The predicted octanol–water partition coefficient (Wildman–Crippen LogP) is 3.35. The molecule has 0 bridgehead atoms. The van der Waals surface area contributed by atoms with Crippen molar-refractivity contribution in [3.05, 3.63) is 11.6 Å². The fourth-order valence-electron chi connectivity index (χ4n) is 1.01. The molecule has 0 saturated carbocycles. The molecule has 0 atom stereocenters. The number of alkyl halides is 6. The van der Waals surface area contributed by atoms with Gasteiger partial charge in [0.25, 0.3) is 0 Å². The highest BCUT2D eigenvalue weighted by Crippen LogP contribution is 2.40. The monoisotopic (exact) mass is 354 g/mol. The molecule has 0 aromatic carbocycles. The van der Waals surface area contributed by atoms with Crippen LogP contribution < -0.4 is 4.90 Å². The Morgan fingerprint density at radius 3 is 1.47 bits per heavy atom. The lowest BCUT2D eigenvalue weighted by molar-refractivity contribution is 0.841. The lowest BCUT2D eigenvalue weighted by atomic mass is 10.6. The highest BCUT2D eigenvalue weighted by Gasteiger charge is 2.35. The first-order chi connectivity index (χ1) is 7.68. The molecule has 0 aliphatic carbocycles. The highest BCUT2D eigenvalue weighted by atomic mass is 35.6. The van der Waals surface area contributed by atoms with Crippen molar-refractivity contribution in [1.29, 1.82) is 0 Å². The number of hydrogen-bond acceptors (Lipinski definition) is 4. The average molecular weight is 357 g/mol. The second-order valence-corrected chi connectivity index (χ2v) is 7.83. The van der Waals surface area contributed by atoms with Gasteiger partial charge >= 0.3 is 0 Å². The second kappa shape index (κ2) is 4.58. The molecule has 1 aliphatic rings. The fraction of sp³-hybridized carbons (Fsp3) is 0.571. The smallest absolute Gasteiger partial charge is 0.250 e. The van der Waals surface area contributed by atoms with Crippen molar-refractivity contribution in [2.24, 2.45) is 0 Å². The van der Waals surface area contributed by atoms with Crippen LogP contribution in [0, 0.1) is 0 Å². The summed E-state index contributed by atoms with van der Waals surface area (Å²) in [4.78, 5) is 13.7. The summed E-state index contributed by atoms with van der Waals surface area (Å²) in [6.07, 6.45) is 0. The molecule has 0 N–H and O–H groups in total. The van der Waals surface area contributed by atoms with E-state index in [1.165, 1.54) is 0 Å². The van der Waals surface area contributed by atoms with Gasteiger partial charge in [0, 0.05) is 13.1 Å². The van der Waals surface area contributed by atoms with Crippen molar-refractivity contribution >= 4 is 75.6 Å². The molecule has 17 heavy (non-hydrogen) atoms. The Morgan fingerprint density at radius 2 is 1.18 bits per heavy atom. The van der Waals surface area contributed by atoms with Crippen molar-refractivity contribution < 1.29 is 0 Å². The van der Waals surface area contributed by atoms with E-state index in [1.54, 1.807) is 0 Å². The van der Waals surface area contributed by atoms with Gasteiger partial charge in [-0.25, -0.2) is 4.98 Å². The lowest BCUT2D eigenvalue weighted by Crippen LogP contribution is -2.18. The molecule has 94 valence electrons. The van der Waals surface area contributed by atoms with Gasteiger partial charge < -0.3 is 4.90 Å². The second-order valence-electron chi connectivity index (χ2n) is 3.27. The number of aromatic nitrogens is 3. The van der Waals surface area contributed by atoms with Gasteiger partial charge in [-0.3, -0.25) is 0 Å². The van der Waals surface area contributed by atoms with Crippen LogP contribution >= 0.6 is 69.6 Å². The summed E-state index contributed by atoms with van der Waals surface area (Å²) >= 11 is 34.2. The number of rotatable bonds is 1. The molecule has 1 aromatic rings. The summed E-state index contributed by atoms with van der Waals surface area (Å²) < 4.78 is -3.59. The molecule has 4 nitrogen and oxygen atoms in total. The summed E-state index contributed by atoms with van der Waals surface area (Å²) in [7, 11) is 0. The maximum atomic E-state index is 5.71. The Kier molecular flexibility index (Phi) is 3.77. The van der Waals surface area contributed by atoms with Gasteiger partial charge in [0.05, 0.1) is 0 Å². The van der Waals surface area contributed by atoms with Crippen molar-refractivity contribution in [3.63, 3.8) is 0 Å². The third-order valence-corrected chi connectivity index (χ3v) is 2.87. The quantitative estimate of drug-likeness (QED) is 0.571. The minimum absolute atomic E-state index is 0.0688. The van der Waals surface area contributed by atoms with E-state index in [4.69, 9.17) is 69.6 Å². The van der Waals surface area contributed by atoms with Gasteiger partial charge in [-0.2, -0.15) is 9.97 Å². The van der Waals surface area contributed by atoms with E-state index in [2.05, 4.69) is 15.0 Å². The molecule has 1 saturated heterocycles. The molecule has 10 heteroatoms. The zero-order valence-corrected chi connectivity index (χ0v) is 12.5. The summed E-state index contributed by atoms with van der Waals surface area (Å²) in [5.74, 6) is 0.198. The van der Waals surface area contributed by atoms with E-state index in [0.717, 1.165) is 13.1 Å². The highest BCUT2D eigenvalue weighted by molar-refractivity contribution is 6.67. The molecule has 1 fully saturated rings. The minimum atomic E-state index is -1.79. The molecule has 0 radical (unpaired) electrons. The molecule has 0 spiro atoms. The largest absolute Gasteiger partial charge is 0.337 e. The minimum Gasteiger partial charge on any atom is -0.337 e. The maximum absolute atomic E-state index is 5.71. The topological polar surface area (TPSA) is 41.7 Å². The Morgan fingerprint density at radius 1 is 0.765 bits per heavy atom. The van der Waals surface area contributed by atoms with E-state index >= 15 is 0 Å². The van der Waals surface area contributed by atoms with Crippen LogP contribution in [0.2, 0.25) is 0 Å². The summed E-state index contributed by atoms with van der Waals surface area (Å²) in [6.45, 7) is 1.62. The van der Waals surface area contributed by atoms with Crippen molar-refractivity contribution in [1.82, 2.24) is 15.0 Å². The number of hydrogen-bond donors (Lipinski definition) is 0. The molecular formula is C7H4Cl6N4. The maximum Gasteiger partial charge on any atom is 0.250 e. The van der Waals surface area contributed by atoms with Crippen molar-refractivity contribution in [2.75, 3.05) is 18.0 Å². The molecule has 1 aromatic heterocycles. The average Bonchev–Trinajstić information content (AvgIpc) is 2.97. The Bertz CT molecular complexity index is 403. The van der Waals surface area contributed by atoms with Gasteiger partial charge in [0.2, 0.25) is 13.5 Å². The molecule has 1 aliphatic heterocycles. The fourth-order valence-corrected chi connectivity index (χ4v) is 1.52. The number of halogens is 6. The van der Waals surface area contributed by atoms with Crippen LogP contribution in [0.1, 0.15) is 11.6 Å². The van der Waals surface area contributed by atoms with Crippen LogP contribution in [-0.4, -0.2) is 28.0 Å². The Hall–Kier alpha value is 0.550. The molecule has 2 heterocycles. The van der Waals surface area contributed by atoms with Crippen molar-refractivity contribution in [2.45, 2.75) is 7.59 Å². The first kappa shape index (κ1) is 14.0. The van der Waals surface area contributed by atoms with Crippen LogP contribution in [0.4, 0.5) is 5.95 Å². The van der Waals surface area contributed by atoms with Gasteiger partial charge in [-0.15, -0.1) is 0 Å². The van der Waals surface area contributed by atoms with E-state index < -0.39 is 7.59 Å². The first-order valence-corrected chi connectivity index (χ1v) is 6.60. The van der Waals surface area contributed by atoms with Crippen LogP contribution in [0.25, 0.3) is 0 Å². The van der Waals surface area contributed by atoms with E-state index in [-0.39, 0.29) is 11.6 Å². The summed E-state index contributed by atoms with van der Waals surface area (Å²) in [5.41, 5.74) is 0. The Balaban J connectivity index is 2.50. The molecule has 0 unspecified atom stereocenters. The lowest BCUT2D eigenvalue weighted by Gasteiger charge is -2.15. The van der Waals surface area contributed by atoms with Gasteiger partial charge in [-0.05, 0) is 0 Å². The van der Waals surface area contributed by atoms with Crippen LogP contribution in [0.15, 0.2) is 0 Å². The normalized spacial score (nSPS) is 16.2. The van der Waals surface area contributed by atoms with E-state index in [0.29, 0.717) is 5.95 Å². The number of nitrogens with zero attached hydrogens (tertiary/aromatic N) is 4. The van der Waals surface area contributed by atoms with Crippen LogP contribution in [-0.2, 0) is 7.59 Å². The zero-order valence-electron chi connectivity index (χ0n) is 7.97. The summed E-state index contributed by atoms with van der Waals surface area (Å²) in [5, 5.41) is 0. The van der Waals surface area contributed by atoms with E-state index in [9.17, 15) is 0 Å². The predicted molar refractivity (Wildman–Crippen MR) is 70.5 cm³/mol. The molecular weight excluding hydrogens is 353 g/mol. The number of anilines is 1. The molecule has 0 amide bonds.